The molecule has 1 spiro atoms. The van der Waals surface area contributed by atoms with Gasteiger partial charge in [0.05, 0.1) is 12.2 Å². The fourth-order valence-corrected chi connectivity index (χ4v) is 1.94. The fraction of sp³-hybridized carbons (Fsp3) is 0.917. The van der Waals surface area contributed by atoms with Gasteiger partial charge < -0.3 is 9.64 Å². The van der Waals surface area contributed by atoms with Crippen molar-refractivity contribution in [3.05, 3.63) is 0 Å². The number of hydrogen-bond acceptors (Lipinski definition) is 2. The Bertz CT molecular complexity index is 222. The average molecular weight is 211 g/mol. The monoisotopic (exact) mass is 211 g/mol. The average Bonchev–Trinajstić information content (AvgIpc) is 3.13. The van der Waals surface area contributed by atoms with E-state index in [0.717, 1.165) is 50.8 Å². The van der Waals surface area contributed by atoms with Gasteiger partial charge in [0.2, 0.25) is 6.41 Å². The van der Waals surface area contributed by atoms with E-state index in [1.54, 1.807) is 0 Å². The molecule has 2 aliphatic heterocycles. The number of epoxide rings is 1. The molecule has 0 aromatic rings. The number of carbonyl (C=O) groups excluding carboxylic acids is 1. The number of amides is 1. The van der Waals surface area contributed by atoms with Crippen molar-refractivity contribution in [2.75, 3.05) is 19.7 Å². The molecule has 1 aliphatic carbocycles. The molecule has 0 bridgehead atoms. The maximum atomic E-state index is 10.3. The molecule has 86 valence electrons. The lowest BCUT2D eigenvalue weighted by Crippen LogP contribution is -2.36. The van der Waals surface area contributed by atoms with E-state index in [4.69, 9.17) is 4.74 Å². The molecular formula is C12H21NO2. The van der Waals surface area contributed by atoms with Crippen molar-refractivity contribution in [2.24, 2.45) is 11.8 Å². The van der Waals surface area contributed by atoms with E-state index in [2.05, 4.69) is 13.8 Å². The van der Waals surface area contributed by atoms with E-state index in [9.17, 15) is 4.79 Å². The first kappa shape index (κ1) is 10.9. The lowest BCUT2D eigenvalue weighted by molar-refractivity contribution is -0.119. The Morgan fingerprint density at radius 1 is 1.27 bits per heavy atom. The van der Waals surface area contributed by atoms with Gasteiger partial charge in [-0.15, -0.1) is 0 Å². The standard InChI is InChI=1S/C7H11NO2.C5H10/c9-6-8-3-1-7(2-4-8)5-10-7;1-4-3-5(4)2/h6H,1-5H2;4-5H,3H2,1-2H3/t;4-,5+. The number of rotatable bonds is 1. The second-order valence-corrected chi connectivity index (χ2v) is 5.30. The predicted octanol–water partition coefficient (Wildman–Crippen LogP) is 1.67. The first-order valence-corrected chi connectivity index (χ1v) is 5.98. The molecule has 3 nitrogen and oxygen atoms in total. The quantitative estimate of drug-likeness (QED) is 0.488. The lowest BCUT2D eigenvalue weighted by Gasteiger charge is -2.26. The molecule has 2 saturated heterocycles. The SMILES string of the molecule is C[C@@H]1C[C@@H]1C.O=CN1CCC2(CC1)CO2. The summed E-state index contributed by atoms with van der Waals surface area (Å²) in [5, 5.41) is 0. The molecule has 0 aromatic heterocycles. The summed E-state index contributed by atoms with van der Waals surface area (Å²) in [6.45, 7) is 7.27. The van der Waals surface area contributed by atoms with E-state index >= 15 is 0 Å². The van der Waals surface area contributed by atoms with Gasteiger partial charge in [-0.1, -0.05) is 13.8 Å². The van der Waals surface area contributed by atoms with Crippen LogP contribution in [0.2, 0.25) is 0 Å². The molecule has 0 aromatic carbocycles. The van der Waals surface area contributed by atoms with E-state index in [1.807, 2.05) is 4.90 Å². The molecule has 2 heterocycles. The Morgan fingerprint density at radius 3 is 2.00 bits per heavy atom. The highest BCUT2D eigenvalue weighted by Gasteiger charge is 2.46. The highest BCUT2D eigenvalue weighted by molar-refractivity contribution is 5.47. The number of hydrogen-bond donors (Lipinski definition) is 0. The van der Waals surface area contributed by atoms with E-state index < -0.39 is 0 Å². The zero-order chi connectivity index (χ0) is 10.9. The summed E-state index contributed by atoms with van der Waals surface area (Å²) in [6.07, 6.45) is 4.46. The fourth-order valence-electron chi connectivity index (χ4n) is 1.94. The summed E-state index contributed by atoms with van der Waals surface area (Å²) in [6, 6.07) is 0. The van der Waals surface area contributed by atoms with Crippen molar-refractivity contribution in [1.29, 1.82) is 0 Å². The zero-order valence-electron chi connectivity index (χ0n) is 9.74. The first-order valence-electron chi connectivity index (χ1n) is 5.98. The van der Waals surface area contributed by atoms with Gasteiger partial charge >= 0.3 is 0 Å². The molecule has 3 heteroatoms. The minimum Gasteiger partial charge on any atom is -0.369 e. The molecule has 0 unspecified atom stereocenters. The van der Waals surface area contributed by atoms with Gasteiger partial charge in [-0.05, 0) is 31.1 Å². The molecule has 0 N–H and O–H groups in total. The van der Waals surface area contributed by atoms with Gasteiger partial charge in [0.15, 0.2) is 0 Å². The minimum atomic E-state index is 0.208. The highest BCUT2D eigenvalue weighted by Crippen LogP contribution is 2.37. The van der Waals surface area contributed by atoms with Crippen LogP contribution in [0.3, 0.4) is 0 Å². The maximum absolute atomic E-state index is 10.3. The van der Waals surface area contributed by atoms with E-state index in [-0.39, 0.29) is 5.60 Å². The maximum Gasteiger partial charge on any atom is 0.209 e. The normalized spacial score (nSPS) is 35.5. The molecular weight excluding hydrogens is 190 g/mol. The Morgan fingerprint density at radius 2 is 1.73 bits per heavy atom. The van der Waals surface area contributed by atoms with Crippen LogP contribution in [0, 0.1) is 11.8 Å². The highest BCUT2D eigenvalue weighted by atomic mass is 16.6. The van der Waals surface area contributed by atoms with Crippen molar-refractivity contribution in [1.82, 2.24) is 4.90 Å². The molecule has 15 heavy (non-hydrogen) atoms. The van der Waals surface area contributed by atoms with Crippen LogP contribution in [0.5, 0.6) is 0 Å². The van der Waals surface area contributed by atoms with Gasteiger partial charge in [-0.2, -0.15) is 0 Å². The van der Waals surface area contributed by atoms with E-state index in [1.165, 1.54) is 6.42 Å². The van der Waals surface area contributed by atoms with Gasteiger partial charge in [0, 0.05) is 13.1 Å². The number of carbonyl (C=O) groups is 1. The Kier molecular flexibility index (Phi) is 3.01. The molecule has 1 amide bonds. The smallest absolute Gasteiger partial charge is 0.209 e. The Balaban J connectivity index is 0.000000144. The van der Waals surface area contributed by atoms with Crippen LogP contribution in [0.15, 0.2) is 0 Å². The van der Waals surface area contributed by atoms with Crippen molar-refractivity contribution in [3.8, 4) is 0 Å². The first-order chi connectivity index (χ1) is 7.15. The van der Waals surface area contributed by atoms with Crippen LogP contribution in [-0.4, -0.2) is 36.6 Å². The summed E-state index contributed by atoms with van der Waals surface area (Å²) in [5.41, 5.74) is 0.208. The number of nitrogens with zero attached hydrogens (tertiary/aromatic N) is 1. The summed E-state index contributed by atoms with van der Waals surface area (Å²) in [5.74, 6) is 2.10. The molecule has 2 atom stereocenters. The third-order valence-electron chi connectivity index (χ3n) is 3.92. The molecule has 0 radical (unpaired) electrons. The summed E-state index contributed by atoms with van der Waals surface area (Å²) >= 11 is 0. The lowest BCUT2D eigenvalue weighted by atomic mass is 9.98. The third-order valence-corrected chi connectivity index (χ3v) is 3.92. The van der Waals surface area contributed by atoms with Crippen molar-refractivity contribution < 1.29 is 9.53 Å². The summed E-state index contributed by atoms with van der Waals surface area (Å²) in [7, 11) is 0. The second-order valence-electron chi connectivity index (χ2n) is 5.30. The molecule has 3 fully saturated rings. The van der Waals surface area contributed by atoms with Crippen LogP contribution < -0.4 is 0 Å². The van der Waals surface area contributed by atoms with E-state index in [0.29, 0.717) is 0 Å². The van der Waals surface area contributed by atoms with Crippen LogP contribution >= 0.6 is 0 Å². The molecule has 3 aliphatic rings. The Labute approximate surface area is 91.8 Å². The number of likely N-dealkylation sites (tertiary alicyclic amines) is 1. The van der Waals surface area contributed by atoms with Gasteiger partial charge in [0.25, 0.3) is 0 Å². The third kappa shape index (κ3) is 2.94. The van der Waals surface area contributed by atoms with Gasteiger partial charge in [0.1, 0.15) is 0 Å². The van der Waals surface area contributed by atoms with Gasteiger partial charge in [-0.25, -0.2) is 0 Å². The number of ether oxygens (including phenoxy) is 1. The minimum absolute atomic E-state index is 0.208. The molecule has 3 rings (SSSR count). The van der Waals surface area contributed by atoms with Crippen LogP contribution in [0.25, 0.3) is 0 Å². The summed E-state index contributed by atoms with van der Waals surface area (Å²) in [4.78, 5) is 12.1. The van der Waals surface area contributed by atoms with Gasteiger partial charge in [-0.3, -0.25) is 4.79 Å². The topological polar surface area (TPSA) is 32.8 Å². The van der Waals surface area contributed by atoms with Crippen LogP contribution in [0.1, 0.15) is 33.1 Å². The largest absolute Gasteiger partial charge is 0.369 e. The van der Waals surface area contributed by atoms with Crippen molar-refractivity contribution in [2.45, 2.75) is 38.7 Å². The number of piperidine rings is 1. The van der Waals surface area contributed by atoms with Crippen LogP contribution in [0.4, 0.5) is 0 Å². The van der Waals surface area contributed by atoms with Crippen LogP contribution in [-0.2, 0) is 9.53 Å². The molecule has 1 saturated carbocycles. The zero-order valence-corrected chi connectivity index (χ0v) is 9.74. The van der Waals surface area contributed by atoms with Crippen molar-refractivity contribution in [3.63, 3.8) is 0 Å². The predicted molar refractivity (Wildman–Crippen MR) is 58.5 cm³/mol. The Hall–Kier alpha value is -0.570. The second kappa shape index (κ2) is 4.12. The van der Waals surface area contributed by atoms with Crippen molar-refractivity contribution >= 4 is 6.41 Å². The summed E-state index contributed by atoms with van der Waals surface area (Å²) < 4.78 is 5.29.